The highest BCUT2D eigenvalue weighted by molar-refractivity contribution is 7.89. The Morgan fingerprint density at radius 2 is 2.00 bits per heavy atom. The minimum atomic E-state index is -3.70. The largest absolute Gasteiger partial charge is 0.365 e. The van der Waals surface area contributed by atoms with Gasteiger partial charge in [0, 0.05) is 32.9 Å². The molecule has 0 spiro atoms. The molecule has 2 aliphatic heterocycles. The number of fused-ring (bicyclic) bond motifs is 1. The van der Waals surface area contributed by atoms with Gasteiger partial charge in [-0.15, -0.1) is 0 Å². The van der Waals surface area contributed by atoms with Gasteiger partial charge in [-0.2, -0.15) is 4.31 Å². The number of benzene rings is 1. The zero-order valence-electron chi connectivity index (χ0n) is 15.1. The first-order valence-corrected chi connectivity index (χ1v) is 10.3. The third-order valence-corrected chi connectivity index (χ3v) is 6.83. The number of amides is 1. The van der Waals surface area contributed by atoms with Crippen molar-refractivity contribution in [1.82, 2.24) is 18.8 Å². The highest BCUT2D eigenvalue weighted by Gasteiger charge is 2.47. The zero-order valence-corrected chi connectivity index (χ0v) is 15.9. The van der Waals surface area contributed by atoms with Crippen molar-refractivity contribution in [2.45, 2.75) is 23.6 Å². The number of carbonyl (C=O) groups excluding carboxylic acids is 1. The smallest absolute Gasteiger partial charge is 0.262 e. The van der Waals surface area contributed by atoms with E-state index < -0.39 is 10.0 Å². The second-order valence-corrected chi connectivity index (χ2v) is 8.82. The van der Waals surface area contributed by atoms with E-state index in [2.05, 4.69) is 4.98 Å². The predicted molar refractivity (Wildman–Crippen MR) is 97.4 cm³/mol. The summed E-state index contributed by atoms with van der Waals surface area (Å²) in [4.78, 5) is 18.1. The molecule has 27 heavy (non-hydrogen) atoms. The molecule has 2 saturated heterocycles. The number of aromatic nitrogens is 2. The molecule has 4 rings (SSSR count). The summed E-state index contributed by atoms with van der Waals surface area (Å²) in [6.45, 7) is 1.00. The first kappa shape index (κ1) is 18.1. The number of morpholine rings is 1. The topological polar surface area (TPSA) is 84.7 Å². The Kier molecular flexibility index (Phi) is 4.75. The van der Waals surface area contributed by atoms with Crippen molar-refractivity contribution in [3.05, 3.63) is 48.4 Å². The summed E-state index contributed by atoms with van der Waals surface area (Å²) in [6, 6.07) is 9.67. The molecule has 8 nitrogen and oxygen atoms in total. The molecule has 0 radical (unpaired) electrons. The van der Waals surface area contributed by atoms with E-state index in [1.807, 2.05) is 30.3 Å². The van der Waals surface area contributed by atoms with E-state index in [4.69, 9.17) is 4.74 Å². The molecular formula is C18H22N4O4S. The zero-order chi connectivity index (χ0) is 19.0. The van der Waals surface area contributed by atoms with E-state index >= 15 is 0 Å². The second-order valence-electron chi connectivity index (χ2n) is 6.94. The van der Waals surface area contributed by atoms with E-state index in [0.717, 1.165) is 12.0 Å². The molecule has 9 heteroatoms. The summed E-state index contributed by atoms with van der Waals surface area (Å²) in [5.74, 6) is -0.0933. The molecule has 0 unspecified atom stereocenters. The van der Waals surface area contributed by atoms with Gasteiger partial charge in [-0.3, -0.25) is 4.79 Å². The standard InChI is InChI=1S/C18H22N4O4S/c1-20-11-17(19-13-20)27(24,25)21-9-15-16(10-21)26-12-18(23)22(15)8-7-14-5-3-2-4-6-14/h2-6,11,13,15-16H,7-10,12H2,1H3/t15-,16-/m0/s1. The van der Waals surface area contributed by atoms with E-state index in [1.54, 1.807) is 16.5 Å². The van der Waals surface area contributed by atoms with Crippen LogP contribution in [0.2, 0.25) is 0 Å². The van der Waals surface area contributed by atoms with Gasteiger partial charge in [0.05, 0.1) is 18.5 Å². The number of ether oxygens (including phenoxy) is 1. The fourth-order valence-electron chi connectivity index (χ4n) is 3.67. The van der Waals surface area contributed by atoms with E-state index in [0.29, 0.717) is 6.54 Å². The third kappa shape index (κ3) is 3.50. The van der Waals surface area contributed by atoms with Crippen LogP contribution in [0.3, 0.4) is 0 Å². The van der Waals surface area contributed by atoms with Crippen LogP contribution in [0, 0.1) is 0 Å². The lowest BCUT2D eigenvalue weighted by Gasteiger charge is -2.36. The normalized spacial score (nSPS) is 23.6. The molecule has 0 aliphatic carbocycles. The van der Waals surface area contributed by atoms with Gasteiger partial charge in [-0.25, -0.2) is 13.4 Å². The van der Waals surface area contributed by atoms with Gasteiger partial charge in [-0.05, 0) is 12.0 Å². The highest BCUT2D eigenvalue weighted by atomic mass is 32.2. The quantitative estimate of drug-likeness (QED) is 0.731. The number of aryl methyl sites for hydroxylation is 1. The molecule has 2 aliphatic rings. The van der Waals surface area contributed by atoms with Crippen LogP contribution in [0.1, 0.15) is 5.56 Å². The lowest BCUT2D eigenvalue weighted by Crippen LogP contribution is -2.54. The number of rotatable bonds is 5. The van der Waals surface area contributed by atoms with Crippen molar-refractivity contribution in [1.29, 1.82) is 0 Å². The van der Waals surface area contributed by atoms with Crippen molar-refractivity contribution in [3.63, 3.8) is 0 Å². The van der Waals surface area contributed by atoms with Crippen molar-refractivity contribution in [2.24, 2.45) is 7.05 Å². The number of imidazole rings is 1. The molecular weight excluding hydrogens is 368 g/mol. The molecule has 0 saturated carbocycles. The second kappa shape index (κ2) is 7.06. The Morgan fingerprint density at radius 3 is 2.70 bits per heavy atom. The Bertz CT molecular complexity index is 928. The molecule has 2 atom stereocenters. The van der Waals surface area contributed by atoms with Gasteiger partial charge in [0.1, 0.15) is 6.61 Å². The van der Waals surface area contributed by atoms with Crippen LogP contribution < -0.4 is 0 Å². The molecule has 1 aromatic heterocycles. The van der Waals surface area contributed by atoms with E-state index in [-0.39, 0.29) is 42.8 Å². The minimum Gasteiger partial charge on any atom is -0.365 e. The van der Waals surface area contributed by atoms with Crippen LogP contribution >= 0.6 is 0 Å². The van der Waals surface area contributed by atoms with Crippen LogP contribution in [0.15, 0.2) is 47.9 Å². The molecule has 0 N–H and O–H groups in total. The summed E-state index contributed by atoms with van der Waals surface area (Å²) >= 11 is 0. The number of sulfonamides is 1. The van der Waals surface area contributed by atoms with Gasteiger partial charge in [0.2, 0.25) is 5.91 Å². The number of carbonyl (C=O) groups is 1. The number of hydrogen-bond acceptors (Lipinski definition) is 5. The molecule has 1 aromatic carbocycles. The maximum absolute atomic E-state index is 12.8. The van der Waals surface area contributed by atoms with Crippen molar-refractivity contribution < 1.29 is 17.9 Å². The van der Waals surface area contributed by atoms with Crippen LogP contribution in [0.4, 0.5) is 0 Å². The Hall–Kier alpha value is -2.23. The first-order valence-electron chi connectivity index (χ1n) is 8.88. The molecule has 2 fully saturated rings. The maximum Gasteiger partial charge on any atom is 0.262 e. The molecule has 144 valence electrons. The average Bonchev–Trinajstić information content (AvgIpc) is 3.29. The minimum absolute atomic E-state index is 0.00652. The summed E-state index contributed by atoms with van der Waals surface area (Å²) in [7, 11) is -1.98. The van der Waals surface area contributed by atoms with E-state index in [1.165, 1.54) is 16.8 Å². The van der Waals surface area contributed by atoms with Crippen LogP contribution in [-0.4, -0.2) is 71.5 Å². The molecule has 3 heterocycles. The third-order valence-electron chi connectivity index (χ3n) is 5.11. The first-order chi connectivity index (χ1) is 12.9. The fraction of sp³-hybridized carbons (Fsp3) is 0.444. The number of nitrogens with zero attached hydrogens (tertiary/aromatic N) is 4. The summed E-state index contributed by atoms with van der Waals surface area (Å²) in [6.07, 6.45) is 3.36. The van der Waals surface area contributed by atoms with Gasteiger partial charge in [0.25, 0.3) is 10.0 Å². The van der Waals surface area contributed by atoms with E-state index in [9.17, 15) is 13.2 Å². The average molecular weight is 390 g/mol. The van der Waals surface area contributed by atoms with Gasteiger partial charge in [-0.1, -0.05) is 30.3 Å². The van der Waals surface area contributed by atoms with Crippen molar-refractivity contribution in [3.8, 4) is 0 Å². The summed E-state index contributed by atoms with van der Waals surface area (Å²) in [5.41, 5.74) is 1.14. The summed E-state index contributed by atoms with van der Waals surface area (Å²) < 4.78 is 34.3. The lowest BCUT2D eigenvalue weighted by molar-refractivity contribution is -0.152. The number of hydrogen-bond donors (Lipinski definition) is 0. The van der Waals surface area contributed by atoms with Gasteiger partial charge >= 0.3 is 0 Å². The van der Waals surface area contributed by atoms with Gasteiger partial charge < -0.3 is 14.2 Å². The Morgan fingerprint density at radius 1 is 1.22 bits per heavy atom. The molecule has 0 bridgehead atoms. The molecule has 2 aromatic rings. The van der Waals surface area contributed by atoms with Gasteiger partial charge in [0.15, 0.2) is 5.03 Å². The highest BCUT2D eigenvalue weighted by Crippen LogP contribution is 2.28. The van der Waals surface area contributed by atoms with Crippen LogP contribution in [0.5, 0.6) is 0 Å². The van der Waals surface area contributed by atoms with Crippen molar-refractivity contribution >= 4 is 15.9 Å². The fourth-order valence-corrected chi connectivity index (χ4v) is 5.10. The monoisotopic (exact) mass is 390 g/mol. The summed E-state index contributed by atoms with van der Waals surface area (Å²) in [5, 5.41) is 0.0193. The Labute approximate surface area is 158 Å². The Balaban J connectivity index is 1.50. The van der Waals surface area contributed by atoms with Crippen LogP contribution in [-0.2, 0) is 33.0 Å². The lowest BCUT2D eigenvalue weighted by atomic mass is 10.1. The van der Waals surface area contributed by atoms with Crippen molar-refractivity contribution in [2.75, 3.05) is 26.2 Å². The predicted octanol–water partition coefficient (Wildman–Crippen LogP) is 0.263. The SMILES string of the molecule is Cn1cnc(S(=O)(=O)N2C[C@@H]3OCC(=O)N(CCc4ccccc4)[C@H]3C2)c1. The maximum atomic E-state index is 12.8. The molecule has 1 amide bonds. The van der Waals surface area contributed by atoms with Crippen LogP contribution in [0.25, 0.3) is 0 Å².